The van der Waals surface area contributed by atoms with E-state index >= 15 is 0 Å². The Morgan fingerprint density at radius 1 is 1.28 bits per heavy atom. The number of benzene rings is 1. The first-order valence-corrected chi connectivity index (χ1v) is 7.81. The van der Waals surface area contributed by atoms with Crippen LogP contribution in [-0.2, 0) is 0 Å². The molecule has 96 valence electrons. The first-order valence-electron chi connectivity index (χ1n) is 6.93. The van der Waals surface area contributed by atoms with Crippen LogP contribution in [0.1, 0.15) is 37.8 Å². The van der Waals surface area contributed by atoms with Gasteiger partial charge in [0.15, 0.2) is 0 Å². The highest BCUT2D eigenvalue weighted by Crippen LogP contribution is 2.41. The van der Waals surface area contributed by atoms with Gasteiger partial charge in [0.1, 0.15) is 0 Å². The van der Waals surface area contributed by atoms with E-state index in [1.54, 1.807) is 0 Å². The highest BCUT2D eigenvalue weighted by molar-refractivity contribution is 7.17. The SMILES string of the molecule is CNC(c1cccc2ccsc12)C1CCC(C)C1. The van der Waals surface area contributed by atoms with Crippen molar-refractivity contribution in [3.63, 3.8) is 0 Å². The van der Waals surface area contributed by atoms with Crippen LogP contribution in [0.15, 0.2) is 29.6 Å². The maximum atomic E-state index is 3.57. The van der Waals surface area contributed by atoms with Gasteiger partial charge in [0.2, 0.25) is 0 Å². The summed E-state index contributed by atoms with van der Waals surface area (Å²) in [4.78, 5) is 0. The fourth-order valence-corrected chi connectivity index (χ4v) is 4.41. The third-order valence-corrected chi connectivity index (χ3v) is 5.34. The van der Waals surface area contributed by atoms with Crippen molar-refractivity contribution in [3.05, 3.63) is 35.2 Å². The zero-order valence-electron chi connectivity index (χ0n) is 11.1. The van der Waals surface area contributed by atoms with E-state index in [1.165, 1.54) is 34.9 Å². The van der Waals surface area contributed by atoms with E-state index in [1.807, 2.05) is 11.3 Å². The number of fused-ring (bicyclic) bond motifs is 1. The molecule has 0 radical (unpaired) electrons. The second kappa shape index (κ2) is 5.02. The summed E-state index contributed by atoms with van der Waals surface area (Å²) in [6.07, 6.45) is 4.13. The smallest absolute Gasteiger partial charge is 0.0390 e. The third kappa shape index (κ3) is 2.08. The minimum atomic E-state index is 0.525. The van der Waals surface area contributed by atoms with Gasteiger partial charge >= 0.3 is 0 Å². The van der Waals surface area contributed by atoms with Crippen molar-refractivity contribution in [2.75, 3.05) is 7.05 Å². The van der Waals surface area contributed by atoms with E-state index in [-0.39, 0.29) is 0 Å². The Hall–Kier alpha value is -0.860. The highest BCUT2D eigenvalue weighted by atomic mass is 32.1. The predicted octanol–water partition coefficient (Wildman–Crippen LogP) is 4.60. The number of nitrogens with one attached hydrogen (secondary N) is 1. The molecule has 2 aromatic rings. The number of hydrogen-bond acceptors (Lipinski definition) is 2. The van der Waals surface area contributed by atoms with Gasteiger partial charge in [0.05, 0.1) is 0 Å². The minimum absolute atomic E-state index is 0.525. The summed E-state index contributed by atoms with van der Waals surface area (Å²) in [6.45, 7) is 2.39. The van der Waals surface area contributed by atoms with Crippen molar-refractivity contribution in [2.24, 2.45) is 11.8 Å². The summed E-state index contributed by atoms with van der Waals surface area (Å²) in [5.41, 5.74) is 1.50. The second-order valence-corrected chi connectivity index (χ2v) is 6.55. The summed E-state index contributed by atoms with van der Waals surface area (Å²) in [6, 6.07) is 9.49. The van der Waals surface area contributed by atoms with Crippen molar-refractivity contribution in [2.45, 2.75) is 32.2 Å². The van der Waals surface area contributed by atoms with Crippen LogP contribution < -0.4 is 5.32 Å². The zero-order chi connectivity index (χ0) is 12.5. The molecular formula is C16H21NS. The first-order chi connectivity index (χ1) is 8.79. The van der Waals surface area contributed by atoms with Gasteiger partial charge in [-0.2, -0.15) is 0 Å². The highest BCUT2D eigenvalue weighted by Gasteiger charge is 2.29. The molecule has 3 unspecified atom stereocenters. The summed E-state index contributed by atoms with van der Waals surface area (Å²) in [5, 5.41) is 7.17. The van der Waals surface area contributed by atoms with Crippen LogP contribution in [0, 0.1) is 11.8 Å². The fourth-order valence-electron chi connectivity index (χ4n) is 3.46. The van der Waals surface area contributed by atoms with Crippen molar-refractivity contribution < 1.29 is 0 Å². The molecule has 0 aliphatic heterocycles. The van der Waals surface area contributed by atoms with Crippen LogP contribution in [0.2, 0.25) is 0 Å². The lowest BCUT2D eigenvalue weighted by Crippen LogP contribution is -2.23. The number of hydrogen-bond donors (Lipinski definition) is 1. The second-order valence-electron chi connectivity index (χ2n) is 5.63. The molecular weight excluding hydrogens is 238 g/mol. The molecule has 0 bridgehead atoms. The Morgan fingerprint density at radius 2 is 2.17 bits per heavy atom. The molecule has 0 saturated heterocycles. The Balaban J connectivity index is 1.98. The molecule has 2 heteroatoms. The molecule has 0 spiro atoms. The van der Waals surface area contributed by atoms with Crippen LogP contribution >= 0.6 is 11.3 Å². The van der Waals surface area contributed by atoms with Gasteiger partial charge in [-0.25, -0.2) is 0 Å². The lowest BCUT2D eigenvalue weighted by atomic mass is 9.90. The number of rotatable bonds is 3. The third-order valence-electron chi connectivity index (χ3n) is 4.36. The van der Waals surface area contributed by atoms with Gasteiger partial charge in [0, 0.05) is 10.7 Å². The van der Waals surface area contributed by atoms with Gasteiger partial charge in [0.25, 0.3) is 0 Å². The monoisotopic (exact) mass is 259 g/mol. The average molecular weight is 259 g/mol. The van der Waals surface area contributed by atoms with Gasteiger partial charge in [-0.05, 0) is 54.1 Å². The van der Waals surface area contributed by atoms with Crippen molar-refractivity contribution in [1.82, 2.24) is 5.32 Å². The summed E-state index contributed by atoms with van der Waals surface area (Å²) < 4.78 is 1.47. The molecule has 1 aromatic heterocycles. The Morgan fingerprint density at radius 3 is 2.89 bits per heavy atom. The molecule has 3 atom stereocenters. The molecule has 3 rings (SSSR count). The topological polar surface area (TPSA) is 12.0 Å². The minimum Gasteiger partial charge on any atom is -0.313 e. The molecule has 1 aromatic carbocycles. The van der Waals surface area contributed by atoms with Crippen molar-refractivity contribution in [3.8, 4) is 0 Å². The first kappa shape index (κ1) is 12.2. The van der Waals surface area contributed by atoms with Crippen LogP contribution in [0.25, 0.3) is 10.1 Å². The molecule has 0 amide bonds. The Labute approximate surface area is 113 Å². The van der Waals surface area contributed by atoms with E-state index in [4.69, 9.17) is 0 Å². The van der Waals surface area contributed by atoms with E-state index in [2.05, 4.69) is 48.9 Å². The van der Waals surface area contributed by atoms with Crippen LogP contribution in [0.5, 0.6) is 0 Å². The normalized spacial score (nSPS) is 25.7. The Bertz CT molecular complexity index is 531. The quantitative estimate of drug-likeness (QED) is 0.849. The van der Waals surface area contributed by atoms with Crippen molar-refractivity contribution >= 4 is 21.4 Å². The average Bonchev–Trinajstić information content (AvgIpc) is 2.99. The van der Waals surface area contributed by atoms with Crippen molar-refractivity contribution in [1.29, 1.82) is 0 Å². The standard InChI is InChI=1S/C16H21NS/c1-11-6-7-13(10-11)15(17-2)14-5-3-4-12-8-9-18-16(12)14/h3-5,8-9,11,13,15,17H,6-7,10H2,1-2H3. The van der Waals surface area contributed by atoms with Crippen LogP contribution in [0.4, 0.5) is 0 Å². The summed E-state index contributed by atoms with van der Waals surface area (Å²) >= 11 is 1.88. The zero-order valence-corrected chi connectivity index (χ0v) is 12.0. The van der Waals surface area contributed by atoms with Gasteiger partial charge in [-0.1, -0.05) is 31.5 Å². The molecule has 1 nitrogen and oxygen atoms in total. The molecule has 1 N–H and O–H groups in total. The van der Waals surface area contributed by atoms with E-state index in [9.17, 15) is 0 Å². The van der Waals surface area contributed by atoms with E-state index in [0.29, 0.717) is 6.04 Å². The molecule has 1 aliphatic rings. The lowest BCUT2D eigenvalue weighted by molar-refractivity contribution is 0.382. The molecule has 1 aliphatic carbocycles. The predicted molar refractivity (Wildman–Crippen MR) is 80.1 cm³/mol. The van der Waals surface area contributed by atoms with E-state index in [0.717, 1.165) is 11.8 Å². The van der Waals surface area contributed by atoms with E-state index < -0.39 is 0 Å². The summed E-state index contributed by atoms with van der Waals surface area (Å²) in [7, 11) is 2.11. The van der Waals surface area contributed by atoms with Gasteiger partial charge in [-0.15, -0.1) is 11.3 Å². The molecule has 1 fully saturated rings. The Kier molecular flexibility index (Phi) is 3.40. The van der Waals surface area contributed by atoms with Gasteiger partial charge < -0.3 is 5.32 Å². The fraction of sp³-hybridized carbons (Fsp3) is 0.500. The molecule has 1 saturated carbocycles. The van der Waals surface area contributed by atoms with Crippen LogP contribution in [-0.4, -0.2) is 7.05 Å². The molecule has 18 heavy (non-hydrogen) atoms. The summed E-state index contributed by atoms with van der Waals surface area (Å²) in [5.74, 6) is 1.70. The van der Waals surface area contributed by atoms with Crippen LogP contribution in [0.3, 0.4) is 0 Å². The number of thiophene rings is 1. The largest absolute Gasteiger partial charge is 0.313 e. The maximum Gasteiger partial charge on any atom is 0.0390 e. The van der Waals surface area contributed by atoms with Gasteiger partial charge in [-0.3, -0.25) is 0 Å². The maximum absolute atomic E-state index is 3.57. The molecule has 1 heterocycles. The lowest BCUT2D eigenvalue weighted by Gasteiger charge is -2.24.